The molecule has 28 heavy (non-hydrogen) atoms. The van der Waals surface area contributed by atoms with Gasteiger partial charge < -0.3 is 42.3 Å². The molecule has 0 atom stereocenters. The molecule has 0 bridgehead atoms. The van der Waals surface area contributed by atoms with E-state index in [4.69, 9.17) is 61.0 Å². The number of carboxylic acid groups (broad SMARTS) is 5. The van der Waals surface area contributed by atoms with Crippen molar-refractivity contribution in [3.63, 3.8) is 0 Å². The summed E-state index contributed by atoms with van der Waals surface area (Å²) in [5.41, 5.74) is 10.3. The molecule has 0 saturated carbocycles. The maximum absolute atomic E-state index is 9.00. The molecule has 0 unspecified atom stereocenters. The van der Waals surface area contributed by atoms with E-state index in [1.165, 1.54) is 0 Å². The van der Waals surface area contributed by atoms with Crippen molar-refractivity contribution in [1.29, 1.82) is 0 Å². The quantitative estimate of drug-likeness (QED) is 0.181. The Morgan fingerprint density at radius 3 is 0.750 bits per heavy atom. The summed E-state index contributed by atoms with van der Waals surface area (Å²) in [5.74, 6) is -4.17. The van der Waals surface area contributed by atoms with E-state index in [2.05, 4.69) is 5.32 Å². The molecular weight excluding hydrogens is 436 g/mol. The zero-order valence-electron chi connectivity index (χ0n) is 17.0. The van der Waals surface area contributed by atoms with Gasteiger partial charge in [0.25, 0.3) is 29.8 Å². The maximum Gasteiger partial charge on any atom is 0.300 e. The summed E-state index contributed by atoms with van der Waals surface area (Å²) < 4.78 is 0. The summed E-state index contributed by atoms with van der Waals surface area (Å²) in [4.78, 5) is 45.0. The van der Waals surface area contributed by atoms with Gasteiger partial charge >= 0.3 is 0 Å². The van der Waals surface area contributed by atoms with E-state index in [0.29, 0.717) is 13.1 Å². The molecule has 10 N–H and O–H groups in total. The van der Waals surface area contributed by atoms with Crippen LogP contribution < -0.4 is 16.8 Å². The van der Waals surface area contributed by atoms with Crippen molar-refractivity contribution in [3.05, 3.63) is 0 Å². The Balaban J connectivity index is -0.0000000382. The van der Waals surface area contributed by atoms with E-state index in [9.17, 15) is 0 Å². The van der Waals surface area contributed by atoms with Gasteiger partial charge in [-0.2, -0.15) is 0 Å². The number of carboxylic acids is 5. The number of nitrogens with one attached hydrogen (secondary N) is 1. The van der Waals surface area contributed by atoms with Gasteiger partial charge in [-0.05, 0) is 0 Å². The van der Waals surface area contributed by atoms with Crippen LogP contribution in [0.2, 0.25) is 0 Å². The van der Waals surface area contributed by atoms with Gasteiger partial charge in [0.05, 0.1) is 0 Å². The minimum Gasteiger partial charge on any atom is -0.481 e. The van der Waals surface area contributed by atoms with Gasteiger partial charge in [0, 0.05) is 80.3 Å². The van der Waals surface area contributed by atoms with Crippen molar-refractivity contribution >= 4 is 29.8 Å². The van der Waals surface area contributed by atoms with Gasteiger partial charge in [-0.3, -0.25) is 24.0 Å². The fourth-order valence-electron chi connectivity index (χ4n) is 0.329. The zero-order chi connectivity index (χ0) is 23.4. The van der Waals surface area contributed by atoms with Crippen molar-refractivity contribution in [2.75, 3.05) is 26.2 Å². The van der Waals surface area contributed by atoms with Gasteiger partial charge in [0.15, 0.2) is 0 Å². The van der Waals surface area contributed by atoms with Gasteiger partial charge in [-0.15, -0.1) is 0 Å². The van der Waals surface area contributed by atoms with Crippen LogP contribution in [0.5, 0.6) is 0 Å². The molecular formula is C14H33N3O10Zn. The fourth-order valence-corrected chi connectivity index (χ4v) is 0.329. The summed E-state index contributed by atoms with van der Waals surface area (Å²) in [6.45, 7) is 8.55. The molecule has 0 fully saturated rings. The fraction of sp³-hybridized carbons (Fsp3) is 0.643. The molecule has 0 aliphatic rings. The molecule has 0 amide bonds. The molecule has 0 spiro atoms. The Kier molecular flexibility index (Phi) is 71.2. The number of hydrogen-bond acceptors (Lipinski definition) is 8. The molecule has 0 aromatic heterocycles. The molecule has 0 aliphatic heterocycles. The van der Waals surface area contributed by atoms with Gasteiger partial charge in [-0.25, -0.2) is 0 Å². The Bertz CT molecular complexity index is 289. The molecule has 0 aromatic rings. The number of carbonyl (C=O) groups is 5. The molecule has 0 aliphatic carbocycles. The summed E-state index contributed by atoms with van der Waals surface area (Å²) in [7, 11) is 0. The Hall–Kier alpha value is -2.15. The normalized spacial score (nSPS) is 6.82. The van der Waals surface area contributed by atoms with E-state index >= 15 is 0 Å². The molecule has 14 heteroatoms. The zero-order valence-corrected chi connectivity index (χ0v) is 19.9. The van der Waals surface area contributed by atoms with Crippen LogP contribution in [-0.2, 0) is 43.5 Å². The Morgan fingerprint density at radius 1 is 0.571 bits per heavy atom. The van der Waals surface area contributed by atoms with Crippen LogP contribution in [0.3, 0.4) is 0 Å². The monoisotopic (exact) mass is 467 g/mol. The number of rotatable bonds is 4. The third-order valence-electron chi connectivity index (χ3n) is 0.642. The third kappa shape index (κ3) is 3630. The summed E-state index contributed by atoms with van der Waals surface area (Å²) in [5, 5.41) is 40.1. The van der Waals surface area contributed by atoms with Crippen molar-refractivity contribution in [2.24, 2.45) is 11.5 Å². The summed E-state index contributed by atoms with van der Waals surface area (Å²) >= 11 is 0. The van der Waals surface area contributed by atoms with E-state index in [-0.39, 0.29) is 19.5 Å². The van der Waals surface area contributed by atoms with Crippen LogP contribution in [0.25, 0.3) is 0 Å². The topological polar surface area (TPSA) is 251 Å². The molecule has 0 radical (unpaired) electrons. The average molecular weight is 469 g/mol. The second-order valence-electron chi connectivity index (χ2n) is 3.92. The molecule has 0 saturated heterocycles. The molecule has 166 valence electrons. The minimum absolute atomic E-state index is 0. The third-order valence-corrected chi connectivity index (χ3v) is 0.642. The second kappa shape index (κ2) is 44.4. The molecule has 13 nitrogen and oxygen atoms in total. The van der Waals surface area contributed by atoms with E-state index in [0.717, 1.165) is 47.7 Å². The molecule has 0 rings (SSSR count). The largest absolute Gasteiger partial charge is 0.481 e. The number of hydrogen-bond donors (Lipinski definition) is 8. The van der Waals surface area contributed by atoms with Crippen molar-refractivity contribution in [2.45, 2.75) is 34.6 Å². The summed E-state index contributed by atoms with van der Waals surface area (Å²) in [6, 6.07) is 0. The summed E-state index contributed by atoms with van der Waals surface area (Å²) in [6.07, 6.45) is 0. The second-order valence-corrected chi connectivity index (χ2v) is 3.92. The predicted molar refractivity (Wildman–Crippen MR) is 97.5 cm³/mol. The van der Waals surface area contributed by atoms with Gasteiger partial charge in [0.2, 0.25) is 0 Å². The van der Waals surface area contributed by atoms with Gasteiger partial charge in [-0.1, -0.05) is 0 Å². The first-order valence-corrected chi connectivity index (χ1v) is 7.16. The van der Waals surface area contributed by atoms with Crippen LogP contribution in [0.1, 0.15) is 34.6 Å². The van der Waals surface area contributed by atoms with E-state index in [1.807, 2.05) is 0 Å². The number of aliphatic carboxylic acids is 5. The van der Waals surface area contributed by atoms with E-state index < -0.39 is 29.8 Å². The maximum atomic E-state index is 9.00. The first-order chi connectivity index (χ1) is 12.1. The van der Waals surface area contributed by atoms with Crippen molar-refractivity contribution in [1.82, 2.24) is 5.32 Å². The Morgan fingerprint density at radius 2 is 0.679 bits per heavy atom. The van der Waals surface area contributed by atoms with Crippen LogP contribution in [0, 0.1) is 0 Å². The van der Waals surface area contributed by atoms with Crippen molar-refractivity contribution in [3.8, 4) is 0 Å². The van der Waals surface area contributed by atoms with Crippen molar-refractivity contribution < 1.29 is 69.0 Å². The smallest absolute Gasteiger partial charge is 0.300 e. The predicted octanol–water partition coefficient (Wildman–Crippen LogP) is -1.05. The SMILES string of the molecule is CC(=O)O.CC(=O)O.CC(=O)O.CC(=O)O.CC(=O)O.NCCNCCN.[Zn]. The van der Waals surface area contributed by atoms with E-state index in [1.54, 1.807) is 0 Å². The van der Waals surface area contributed by atoms with Crippen LogP contribution in [-0.4, -0.2) is 81.6 Å². The first kappa shape index (κ1) is 44.9. The average Bonchev–Trinajstić information content (AvgIpc) is 2.35. The standard InChI is InChI=1S/C4H13N3.5C2H4O2.Zn/c5-1-3-7-4-2-6;5*1-2(3)4;/h7H,1-6H2;5*1H3,(H,3,4);. The van der Waals surface area contributed by atoms with Crippen LogP contribution >= 0.6 is 0 Å². The van der Waals surface area contributed by atoms with Crippen LogP contribution in [0.15, 0.2) is 0 Å². The number of nitrogens with two attached hydrogens (primary N) is 2. The first-order valence-electron chi connectivity index (χ1n) is 7.16. The van der Waals surface area contributed by atoms with Crippen LogP contribution in [0.4, 0.5) is 0 Å². The molecule has 0 aromatic carbocycles. The Labute approximate surface area is 176 Å². The minimum atomic E-state index is -0.833. The van der Waals surface area contributed by atoms with Gasteiger partial charge in [0.1, 0.15) is 0 Å². The molecule has 0 heterocycles.